The zero-order valence-electron chi connectivity index (χ0n) is 10.4. The van der Waals surface area contributed by atoms with E-state index in [4.69, 9.17) is 9.47 Å². The molecular formula is C13H25BrO2. The fourth-order valence-electron chi connectivity index (χ4n) is 2.34. The smallest absolute Gasteiger partial charge is 0.0487 e. The van der Waals surface area contributed by atoms with Crippen LogP contribution >= 0.6 is 15.9 Å². The molecule has 0 saturated heterocycles. The van der Waals surface area contributed by atoms with Crippen molar-refractivity contribution in [2.75, 3.05) is 26.9 Å². The van der Waals surface area contributed by atoms with E-state index in [9.17, 15) is 0 Å². The van der Waals surface area contributed by atoms with Gasteiger partial charge >= 0.3 is 0 Å². The van der Waals surface area contributed by atoms with Crippen molar-refractivity contribution in [3.05, 3.63) is 0 Å². The summed E-state index contributed by atoms with van der Waals surface area (Å²) < 4.78 is 10.5. The second-order valence-electron chi connectivity index (χ2n) is 4.66. The molecule has 16 heavy (non-hydrogen) atoms. The second kappa shape index (κ2) is 9.43. The normalized spacial score (nSPS) is 19.1. The van der Waals surface area contributed by atoms with Crippen molar-refractivity contribution in [1.29, 1.82) is 0 Å². The highest BCUT2D eigenvalue weighted by Crippen LogP contribution is 2.33. The number of ether oxygens (including phenoxy) is 2. The first-order valence-corrected chi connectivity index (χ1v) is 7.47. The first kappa shape index (κ1) is 14.5. The van der Waals surface area contributed by atoms with E-state index < -0.39 is 0 Å². The van der Waals surface area contributed by atoms with Crippen molar-refractivity contribution in [2.45, 2.75) is 49.8 Å². The van der Waals surface area contributed by atoms with Crippen LogP contribution in [0.1, 0.15) is 44.9 Å². The summed E-state index contributed by atoms with van der Waals surface area (Å²) in [6, 6.07) is 0. The Hall–Kier alpha value is 0.400. The number of hydrogen-bond acceptors (Lipinski definition) is 2. The van der Waals surface area contributed by atoms with Crippen molar-refractivity contribution in [3.63, 3.8) is 0 Å². The first-order valence-electron chi connectivity index (χ1n) is 6.55. The minimum atomic E-state index is 0.720. The van der Waals surface area contributed by atoms with Gasteiger partial charge in [0.15, 0.2) is 0 Å². The van der Waals surface area contributed by atoms with Crippen molar-refractivity contribution >= 4 is 15.9 Å². The molecule has 0 aromatic rings. The predicted molar refractivity (Wildman–Crippen MR) is 71.2 cm³/mol. The number of methoxy groups -OCH3 is 1. The lowest BCUT2D eigenvalue weighted by atomic mass is 10.0. The first-order chi connectivity index (χ1) is 7.84. The molecular weight excluding hydrogens is 268 g/mol. The highest BCUT2D eigenvalue weighted by molar-refractivity contribution is 9.09. The summed E-state index contributed by atoms with van der Waals surface area (Å²) in [7, 11) is 1.73. The van der Waals surface area contributed by atoms with Gasteiger partial charge in [-0.05, 0) is 38.0 Å². The van der Waals surface area contributed by atoms with Crippen LogP contribution in [0.25, 0.3) is 0 Å². The molecule has 0 aromatic carbocycles. The summed E-state index contributed by atoms with van der Waals surface area (Å²) >= 11 is 3.82. The molecule has 0 aromatic heterocycles. The number of rotatable bonds is 9. The lowest BCUT2D eigenvalue weighted by Crippen LogP contribution is -2.11. The highest BCUT2D eigenvalue weighted by atomic mass is 79.9. The molecule has 1 fully saturated rings. The summed E-state index contributed by atoms with van der Waals surface area (Å²) in [5.74, 6) is 0.925. The molecule has 3 heteroatoms. The molecule has 0 radical (unpaired) electrons. The lowest BCUT2D eigenvalue weighted by Gasteiger charge is -2.16. The van der Waals surface area contributed by atoms with Gasteiger partial charge in [0.05, 0.1) is 0 Å². The minimum Gasteiger partial charge on any atom is -0.385 e. The van der Waals surface area contributed by atoms with Gasteiger partial charge in [-0.25, -0.2) is 0 Å². The monoisotopic (exact) mass is 292 g/mol. The third kappa shape index (κ3) is 6.21. The van der Waals surface area contributed by atoms with Crippen LogP contribution in [0.15, 0.2) is 0 Å². The van der Waals surface area contributed by atoms with Gasteiger partial charge < -0.3 is 9.47 Å². The predicted octanol–water partition coefficient (Wildman–Crippen LogP) is 3.77. The van der Waals surface area contributed by atoms with Gasteiger partial charge in [0.2, 0.25) is 0 Å². The van der Waals surface area contributed by atoms with Crippen molar-refractivity contribution < 1.29 is 9.47 Å². The third-order valence-electron chi connectivity index (χ3n) is 3.32. The Kier molecular flexibility index (Phi) is 8.52. The fourth-order valence-corrected chi connectivity index (χ4v) is 3.19. The Morgan fingerprint density at radius 2 is 1.81 bits per heavy atom. The van der Waals surface area contributed by atoms with Crippen molar-refractivity contribution in [2.24, 2.45) is 5.92 Å². The van der Waals surface area contributed by atoms with Crippen LogP contribution in [0.3, 0.4) is 0 Å². The molecule has 1 unspecified atom stereocenters. The van der Waals surface area contributed by atoms with E-state index in [0.717, 1.165) is 37.0 Å². The molecule has 0 N–H and O–H groups in total. The summed E-state index contributed by atoms with van der Waals surface area (Å²) in [5, 5.41) is 0. The van der Waals surface area contributed by atoms with E-state index in [1.54, 1.807) is 7.11 Å². The molecule has 0 spiro atoms. The molecule has 0 aliphatic heterocycles. The Balaban J connectivity index is 1.86. The topological polar surface area (TPSA) is 18.5 Å². The summed E-state index contributed by atoms with van der Waals surface area (Å²) in [5.41, 5.74) is 0. The van der Waals surface area contributed by atoms with Gasteiger partial charge in [0, 0.05) is 31.8 Å². The van der Waals surface area contributed by atoms with E-state index in [1.165, 1.54) is 38.5 Å². The van der Waals surface area contributed by atoms with Gasteiger partial charge in [0.1, 0.15) is 0 Å². The Bertz CT molecular complexity index is 158. The fraction of sp³-hybridized carbons (Fsp3) is 1.00. The van der Waals surface area contributed by atoms with Crippen LogP contribution in [0.2, 0.25) is 0 Å². The molecule has 96 valence electrons. The van der Waals surface area contributed by atoms with Gasteiger partial charge in [-0.3, -0.25) is 0 Å². The average Bonchev–Trinajstić information content (AvgIpc) is 2.81. The molecule has 1 aliphatic carbocycles. The van der Waals surface area contributed by atoms with E-state index in [2.05, 4.69) is 15.9 Å². The van der Waals surface area contributed by atoms with Crippen LogP contribution in [-0.2, 0) is 9.47 Å². The molecule has 0 bridgehead atoms. The zero-order chi connectivity index (χ0) is 11.6. The van der Waals surface area contributed by atoms with Crippen LogP contribution in [-0.4, -0.2) is 31.8 Å². The summed E-state index contributed by atoms with van der Waals surface area (Å²) in [6.07, 6.45) is 9.15. The maximum atomic E-state index is 5.55. The molecule has 1 saturated carbocycles. The average molecular weight is 293 g/mol. The lowest BCUT2D eigenvalue weighted by molar-refractivity contribution is 0.0999. The van der Waals surface area contributed by atoms with Gasteiger partial charge in [0.25, 0.3) is 0 Å². The van der Waals surface area contributed by atoms with E-state index in [-0.39, 0.29) is 0 Å². The van der Waals surface area contributed by atoms with Gasteiger partial charge in [-0.1, -0.05) is 28.8 Å². The second-order valence-corrected chi connectivity index (χ2v) is 5.84. The van der Waals surface area contributed by atoms with Crippen molar-refractivity contribution in [3.8, 4) is 0 Å². The van der Waals surface area contributed by atoms with Crippen molar-refractivity contribution in [1.82, 2.24) is 0 Å². The Morgan fingerprint density at radius 3 is 2.50 bits per heavy atom. The molecule has 1 rings (SSSR count). The van der Waals surface area contributed by atoms with E-state index in [1.807, 2.05) is 0 Å². The molecule has 0 amide bonds. The van der Waals surface area contributed by atoms with Gasteiger partial charge in [-0.15, -0.1) is 0 Å². The Labute approximate surface area is 108 Å². The maximum Gasteiger partial charge on any atom is 0.0487 e. The standard InChI is InChI=1S/C13H25BrO2/c1-15-9-5-11-16-10-4-8-13(14)12-6-2-3-7-12/h12-13H,2-11H2,1H3. The third-order valence-corrected chi connectivity index (χ3v) is 4.52. The largest absolute Gasteiger partial charge is 0.385 e. The zero-order valence-corrected chi connectivity index (χ0v) is 12.0. The minimum absolute atomic E-state index is 0.720. The molecule has 1 aliphatic rings. The SMILES string of the molecule is COCCCOCCCC(Br)C1CCCC1. The summed E-state index contributed by atoms with van der Waals surface area (Å²) in [4.78, 5) is 0.720. The quantitative estimate of drug-likeness (QED) is 0.476. The maximum absolute atomic E-state index is 5.55. The van der Waals surface area contributed by atoms with Crippen LogP contribution in [0, 0.1) is 5.92 Å². The number of hydrogen-bond donors (Lipinski definition) is 0. The molecule has 1 atom stereocenters. The van der Waals surface area contributed by atoms with E-state index in [0.29, 0.717) is 0 Å². The van der Waals surface area contributed by atoms with E-state index >= 15 is 0 Å². The molecule has 0 heterocycles. The van der Waals surface area contributed by atoms with Gasteiger partial charge in [-0.2, -0.15) is 0 Å². The Morgan fingerprint density at radius 1 is 1.12 bits per heavy atom. The van der Waals surface area contributed by atoms with Crippen LogP contribution in [0.5, 0.6) is 0 Å². The number of halogens is 1. The van der Waals surface area contributed by atoms with Crippen LogP contribution in [0.4, 0.5) is 0 Å². The highest BCUT2D eigenvalue weighted by Gasteiger charge is 2.22. The molecule has 2 nitrogen and oxygen atoms in total. The van der Waals surface area contributed by atoms with Crippen LogP contribution < -0.4 is 0 Å². The number of alkyl halides is 1. The summed E-state index contributed by atoms with van der Waals surface area (Å²) in [6.45, 7) is 2.55.